The highest BCUT2D eigenvalue weighted by Gasteiger charge is 2.17. The minimum absolute atomic E-state index is 0.192. The van der Waals surface area contributed by atoms with E-state index >= 15 is 0 Å². The first-order valence-corrected chi connectivity index (χ1v) is 9.56. The number of carbonyl (C=O) groups excluding carboxylic acids is 2. The second-order valence-electron chi connectivity index (χ2n) is 6.26. The summed E-state index contributed by atoms with van der Waals surface area (Å²) in [5.41, 5.74) is 2.33. The van der Waals surface area contributed by atoms with Crippen LogP contribution in [0.3, 0.4) is 0 Å². The molecule has 29 heavy (non-hydrogen) atoms. The number of aromatic nitrogens is 3. The SMILES string of the molecule is Cc1ncncc1C(=O)N(C)Cc1csc(NC(=O)NCc2cccc(F)c2)n1. The number of hydrogen-bond acceptors (Lipinski definition) is 6. The van der Waals surface area contributed by atoms with Gasteiger partial charge in [-0.1, -0.05) is 12.1 Å². The summed E-state index contributed by atoms with van der Waals surface area (Å²) in [6.07, 6.45) is 2.88. The fraction of sp³-hybridized carbons (Fsp3) is 0.211. The van der Waals surface area contributed by atoms with Crippen LogP contribution in [0, 0.1) is 12.7 Å². The molecule has 0 saturated heterocycles. The Bertz CT molecular complexity index is 1030. The molecule has 3 amide bonds. The Morgan fingerprint density at radius 2 is 2.14 bits per heavy atom. The molecule has 0 aliphatic heterocycles. The molecule has 0 bridgehead atoms. The summed E-state index contributed by atoms with van der Waals surface area (Å²) in [6.45, 7) is 2.21. The van der Waals surface area contributed by atoms with Gasteiger partial charge >= 0.3 is 6.03 Å². The number of amides is 3. The van der Waals surface area contributed by atoms with E-state index in [1.807, 2.05) is 0 Å². The molecule has 0 unspecified atom stereocenters. The molecule has 0 spiro atoms. The molecular formula is C19H19FN6O2S. The number of benzene rings is 1. The molecule has 0 aliphatic rings. The lowest BCUT2D eigenvalue weighted by atomic mass is 10.2. The van der Waals surface area contributed by atoms with Crippen molar-refractivity contribution in [3.05, 3.63) is 70.5 Å². The van der Waals surface area contributed by atoms with Crippen LogP contribution in [-0.4, -0.2) is 38.8 Å². The van der Waals surface area contributed by atoms with E-state index in [0.29, 0.717) is 27.6 Å². The van der Waals surface area contributed by atoms with E-state index < -0.39 is 6.03 Å². The average molecular weight is 414 g/mol. The summed E-state index contributed by atoms with van der Waals surface area (Å²) in [4.78, 5) is 38.3. The Kier molecular flexibility index (Phi) is 6.45. The molecule has 2 heterocycles. The van der Waals surface area contributed by atoms with Gasteiger partial charge in [-0.15, -0.1) is 11.3 Å². The number of anilines is 1. The van der Waals surface area contributed by atoms with Crippen molar-refractivity contribution >= 4 is 28.4 Å². The van der Waals surface area contributed by atoms with Gasteiger partial charge in [0.25, 0.3) is 5.91 Å². The molecule has 0 atom stereocenters. The van der Waals surface area contributed by atoms with E-state index in [0.717, 1.165) is 0 Å². The van der Waals surface area contributed by atoms with Gasteiger partial charge in [0.05, 0.1) is 23.5 Å². The Morgan fingerprint density at radius 3 is 2.90 bits per heavy atom. The fourth-order valence-corrected chi connectivity index (χ4v) is 3.23. The van der Waals surface area contributed by atoms with Crippen molar-refractivity contribution in [3.8, 4) is 0 Å². The molecule has 1 aromatic carbocycles. The Labute approximate surface area is 170 Å². The Morgan fingerprint density at radius 1 is 1.31 bits per heavy atom. The monoisotopic (exact) mass is 414 g/mol. The highest BCUT2D eigenvalue weighted by Crippen LogP contribution is 2.17. The van der Waals surface area contributed by atoms with Crippen LogP contribution in [0.4, 0.5) is 14.3 Å². The maximum atomic E-state index is 13.2. The van der Waals surface area contributed by atoms with Gasteiger partial charge in [0, 0.05) is 25.2 Å². The summed E-state index contributed by atoms with van der Waals surface area (Å²) in [5, 5.41) is 7.44. The number of thiazole rings is 1. The molecule has 150 valence electrons. The van der Waals surface area contributed by atoms with Gasteiger partial charge in [-0.25, -0.2) is 24.1 Å². The van der Waals surface area contributed by atoms with E-state index in [-0.39, 0.29) is 24.8 Å². The number of aryl methyl sites for hydroxylation is 1. The smallest absolute Gasteiger partial charge is 0.321 e. The molecule has 0 saturated carbocycles. The number of hydrogen-bond donors (Lipinski definition) is 2. The van der Waals surface area contributed by atoms with Crippen LogP contribution in [0.25, 0.3) is 0 Å². The first-order valence-electron chi connectivity index (χ1n) is 8.68. The molecule has 10 heteroatoms. The Hall–Kier alpha value is -3.40. The third-order valence-corrected chi connectivity index (χ3v) is 4.81. The predicted octanol–water partition coefficient (Wildman–Crippen LogP) is 2.97. The molecule has 2 aromatic heterocycles. The molecule has 0 aliphatic carbocycles. The van der Waals surface area contributed by atoms with Gasteiger partial charge in [0.15, 0.2) is 5.13 Å². The summed E-state index contributed by atoms with van der Waals surface area (Å²) in [6, 6.07) is 5.55. The third-order valence-electron chi connectivity index (χ3n) is 4.00. The van der Waals surface area contributed by atoms with E-state index in [4.69, 9.17) is 0 Å². The number of nitrogens with zero attached hydrogens (tertiary/aromatic N) is 4. The van der Waals surface area contributed by atoms with E-state index in [1.54, 1.807) is 31.5 Å². The van der Waals surface area contributed by atoms with Crippen LogP contribution in [0.1, 0.15) is 27.3 Å². The maximum absolute atomic E-state index is 13.2. The van der Waals surface area contributed by atoms with Gasteiger partial charge in [0.1, 0.15) is 12.1 Å². The third kappa shape index (κ3) is 5.55. The zero-order valence-electron chi connectivity index (χ0n) is 15.8. The zero-order chi connectivity index (χ0) is 20.8. The number of halogens is 1. The predicted molar refractivity (Wildman–Crippen MR) is 107 cm³/mol. The molecule has 2 N–H and O–H groups in total. The number of carbonyl (C=O) groups is 2. The standard InChI is InChI=1S/C19H19FN6O2S/c1-12-16(8-21-11-23-12)17(27)26(2)9-15-10-29-19(24-15)25-18(28)22-7-13-4-3-5-14(20)6-13/h3-6,8,10-11H,7,9H2,1-2H3,(H2,22,24,25,28). The fourth-order valence-electron chi connectivity index (χ4n) is 2.53. The van der Waals surface area contributed by atoms with Gasteiger partial charge < -0.3 is 10.2 Å². The van der Waals surface area contributed by atoms with Crippen LogP contribution >= 0.6 is 11.3 Å². The second kappa shape index (κ2) is 9.20. The van der Waals surface area contributed by atoms with Crippen LogP contribution < -0.4 is 10.6 Å². The van der Waals surface area contributed by atoms with Crippen molar-refractivity contribution in [1.29, 1.82) is 0 Å². The summed E-state index contributed by atoms with van der Waals surface area (Å²) in [7, 11) is 1.66. The van der Waals surface area contributed by atoms with Crippen molar-refractivity contribution in [2.75, 3.05) is 12.4 Å². The van der Waals surface area contributed by atoms with E-state index in [1.165, 1.54) is 40.9 Å². The summed E-state index contributed by atoms with van der Waals surface area (Å²) in [5.74, 6) is -0.566. The molecule has 0 fully saturated rings. The van der Waals surface area contributed by atoms with Crippen molar-refractivity contribution in [2.24, 2.45) is 0 Å². The molecule has 0 radical (unpaired) electrons. The number of nitrogens with one attached hydrogen (secondary N) is 2. The number of urea groups is 1. The summed E-state index contributed by atoms with van der Waals surface area (Å²) >= 11 is 1.25. The Balaban J connectivity index is 1.53. The normalized spacial score (nSPS) is 10.4. The van der Waals surface area contributed by atoms with Crippen LogP contribution in [0.2, 0.25) is 0 Å². The van der Waals surface area contributed by atoms with Crippen LogP contribution in [-0.2, 0) is 13.1 Å². The maximum Gasteiger partial charge on any atom is 0.321 e. The average Bonchev–Trinajstić information content (AvgIpc) is 3.13. The minimum atomic E-state index is -0.448. The molecule has 8 nitrogen and oxygen atoms in total. The topological polar surface area (TPSA) is 100 Å². The quantitative estimate of drug-likeness (QED) is 0.646. The highest BCUT2D eigenvalue weighted by atomic mass is 32.1. The second-order valence-corrected chi connectivity index (χ2v) is 7.12. The van der Waals surface area contributed by atoms with Crippen LogP contribution in [0.15, 0.2) is 42.2 Å². The van der Waals surface area contributed by atoms with Gasteiger partial charge in [-0.05, 0) is 24.6 Å². The lowest BCUT2D eigenvalue weighted by molar-refractivity contribution is 0.0782. The lowest BCUT2D eigenvalue weighted by Gasteiger charge is -2.16. The van der Waals surface area contributed by atoms with Crippen LogP contribution in [0.5, 0.6) is 0 Å². The van der Waals surface area contributed by atoms with Crippen molar-refractivity contribution in [1.82, 2.24) is 25.2 Å². The van der Waals surface area contributed by atoms with Gasteiger partial charge in [0.2, 0.25) is 0 Å². The van der Waals surface area contributed by atoms with E-state index in [9.17, 15) is 14.0 Å². The van der Waals surface area contributed by atoms with Gasteiger partial charge in [-0.2, -0.15) is 0 Å². The van der Waals surface area contributed by atoms with Gasteiger partial charge in [-0.3, -0.25) is 10.1 Å². The zero-order valence-corrected chi connectivity index (χ0v) is 16.7. The summed E-state index contributed by atoms with van der Waals surface area (Å²) < 4.78 is 13.2. The molecule has 3 aromatic rings. The van der Waals surface area contributed by atoms with Crippen molar-refractivity contribution in [2.45, 2.75) is 20.0 Å². The first-order chi connectivity index (χ1) is 13.9. The lowest BCUT2D eigenvalue weighted by Crippen LogP contribution is -2.28. The van der Waals surface area contributed by atoms with Crippen molar-refractivity contribution < 1.29 is 14.0 Å². The minimum Gasteiger partial charge on any atom is -0.336 e. The number of rotatable bonds is 6. The first kappa shape index (κ1) is 20.3. The highest BCUT2D eigenvalue weighted by molar-refractivity contribution is 7.13. The molecular weight excluding hydrogens is 395 g/mol. The van der Waals surface area contributed by atoms with Crippen molar-refractivity contribution in [3.63, 3.8) is 0 Å². The van der Waals surface area contributed by atoms with E-state index in [2.05, 4.69) is 25.6 Å². The molecule has 3 rings (SSSR count). The largest absolute Gasteiger partial charge is 0.336 e.